The van der Waals surface area contributed by atoms with E-state index in [-0.39, 0.29) is 30.8 Å². The van der Waals surface area contributed by atoms with Gasteiger partial charge in [-0.15, -0.1) is 0 Å². The lowest BCUT2D eigenvalue weighted by Crippen LogP contribution is -2.42. The number of halogens is 1. The van der Waals surface area contributed by atoms with E-state index >= 15 is 0 Å². The first kappa shape index (κ1) is 21.5. The zero-order valence-corrected chi connectivity index (χ0v) is 18.1. The number of nitrogens with zero attached hydrogens (tertiary/aromatic N) is 3. The predicted molar refractivity (Wildman–Crippen MR) is 126 cm³/mol. The molecule has 0 radical (unpaired) electrons. The SMILES string of the molecule is O=C1c2cccc3cccc(c23)C(=O)N1CCCN(C(=O)c1ccncc1)c1cccc(F)c1. The molecule has 0 spiro atoms. The Morgan fingerprint density at radius 1 is 0.882 bits per heavy atom. The summed E-state index contributed by atoms with van der Waals surface area (Å²) in [6, 6.07) is 19.7. The largest absolute Gasteiger partial charge is 0.308 e. The maximum absolute atomic E-state index is 13.9. The monoisotopic (exact) mass is 453 g/mol. The lowest BCUT2D eigenvalue weighted by molar-refractivity contribution is 0.0610. The van der Waals surface area contributed by atoms with Crippen molar-refractivity contribution in [3.05, 3.63) is 108 Å². The first-order valence-corrected chi connectivity index (χ1v) is 10.9. The smallest absolute Gasteiger partial charge is 0.261 e. The molecule has 1 aromatic heterocycles. The average Bonchev–Trinajstić information content (AvgIpc) is 2.87. The molecule has 0 aliphatic carbocycles. The second-order valence-corrected chi connectivity index (χ2v) is 8.00. The Hall–Kier alpha value is -4.39. The molecule has 7 heteroatoms. The van der Waals surface area contributed by atoms with Gasteiger partial charge >= 0.3 is 0 Å². The van der Waals surface area contributed by atoms with Gasteiger partial charge in [-0.3, -0.25) is 24.3 Å². The number of anilines is 1. The molecule has 0 saturated carbocycles. The number of aromatic nitrogens is 1. The van der Waals surface area contributed by atoms with Crippen molar-refractivity contribution >= 4 is 34.2 Å². The third kappa shape index (κ3) is 3.81. The Morgan fingerprint density at radius 2 is 1.53 bits per heavy atom. The van der Waals surface area contributed by atoms with E-state index in [0.717, 1.165) is 5.39 Å². The summed E-state index contributed by atoms with van der Waals surface area (Å²) in [6.45, 7) is 0.311. The molecule has 3 amide bonds. The van der Waals surface area contributed by atoms with Crippen molar-refractivity contribution in [1.82, 2.24) is 9.88 Å². The molecule has 1 aliphatic heterocycles. The Morgan fingerprint density at radius 3 is 2.18 bits per heavy atom. The minimum absolute atomic E-state index is 0.123. The van der Waals surface area contributed by atoms with Gasteiger partial charge < -0.3 is 4.90 Å². The molecule has 1 aliphatic rings. The van der Waals surface area contributed by atoms with E-state index in [9.17, 15) is 18.8 Å². The van der Waals surface area contributed by atoms with Crippen molar-refractivity contribution in [2.45, 2.75) is 6.42 Å². The quantitative estimate of drug-likeness (QED) is 0.397. The summed E-state index contributed by atoms with van der Waals surface area (Å²) in [6.07, 6.45) is 3.35. The molecule has 0 fully saturated rings. The molecular formula is C27H20FN3O3. The molecule has 5 rings (SSSR count). The second kappa shape index (κ2) is 8.86. The number of carbonyl (C=O) groups is 3. The summed E-state index contributed by atoms with van der Waals surface area (Å²) >= 11 is 0. The van der Waals surface area contributed by atoms with Gasteiger partial charge in [0.25, 0.3) is 17.7 Å². The summed E-state index contributed by atoms with van der Waals surface area (Å²) in [5.74, 6) is -1.49. The fraction of sp³-hybridized carbons (Fsp3) is 0.111. The van der Waals surface area contributed by atoms with Crippen molar-refractivity contribution in [2.75, 3.05) is 18.0 Å². The molecule has 0 bridgehead atoms. The standard InChI is InChI=1S/C27H20FN3O3/c28-20-7-3-8-21(17-20)30(25(32)19-11-13-29-14-12-19)15-4-16-31-26(33)22-9-1-5-18-6-2-10-23(24(18)22)27(31)34/h1-3,5-14,17H,4,15-16H2. The first-order chi connectivity index (χ1) is 16.5. The van der Waals surface area contributed by atoms with Crippen molar-refractivity contribution in [3.8, 4) is 0 Å². The van der Waals surface area contributed by atoms with E-state index in [0.29, 0.717) is 34.2 Å². The van der Waals surface area contributed by atoms with Gasteiger partial charge in [-0.05, 0) is 54.3 Å². The average molecular weight is 453 g/mol. The van der Waals surface area contributed by atoms with E-state index in [4.69, 9.17) is 0 Å². The second-order valence-electron chi connectivity index (χ2n) is 8.00. The van der Waals surface area contributed by atoms with Crippen LogP contribution in [0, 0.1) is 5.82 Å². The molecular weight excluding hydrogens is 433 g/mol. The number of pyridine rings is 1. The summed E-state index contributed by atoms with van der Waals surface area (Å²) < 4.78 is 13.9. The van der Waals surface area contributed by atoms with Crippen molar-refractivity contribution < 1.29 is 18.8 Å². The minimum Gasteiger partial charge on any atom is -0.308 e. The summed E-state index contributed by atoms with van der Waals surface area (Å²) in [4.78, 5) is 46.0. The topological polar surface area (TPSA) is 70.6 Å². The van der Waals surface area contributed by atoms with E-state index in [1.165, 1.54) is 40.4 Å². The minimum atomic E-state index is -0.462. The normalized spacial score (nSPS) is 12.8. The van der Waals surface area contributed by atoms with Crippen LogP contribution in [0.25, 0.3) is 10.8 Å². The number of amides is 3. The third-order valence-corrected chi connectivity index (χ3v) is 5.91. The highest BCUT2D eigenvalue weighted by molar-refractivity contribution is 6.25. The lowest BCUT2D eigenvalue weighted by Gasteiger charge is -2.28. The molecule has 0 unspecified atom stereocenters. The van der Waals surface area contributed by atoms with Crippen LogP contribution in [0.5, 0.6) is 0 Å². The third-order valence-electron chi connectivity index (χ3n) is 5.91. The number of carbonyl (C=O) groups excluding carboxylic acids is 3. The van der Waals surface area contributed by atoms with E-state index in [1.54, 1.807) is 42.5 Å². The molecule has 4 aromatic rings. The highest BCUT2D eigenvalue weighted by Gasteiger charge is 2.32. The summed E-state index contributed by atoms with van der Waals surface area (Å²) in [5, 5.41) is 1.52. The Bertz CT molecular complexity index is 1370. The van der Waals surface area contributed by atoms with Crippen LogP contribution in [0.15, 0.2) is 85.2 Å². The summed E-state index contributed by atoms with van der Waals surface area (Å²) in [5.41, 5.74) is 1.78. The maximum Gasteiger partial charge on any atom is 0.261 e. The van der Waals surface area contributed by atoms with Crippen LogP contribution in [0.3, 0.4) is 0 Å². The fourth-order valence-electron chi connectivity index (χ4n) is 4.31. The van der Waals surface area contributed by atoms with E-state index < -0.39 is 5.82 Å². The van der Waals surface area contributed by atoms with Gasteiger partial charge in [0, 0.05) is 53.2 Å². The Kier molecular flexibility index (Phi) is 5.59. The van der Waals surface area contributed by atoms with Gasteiger partial charge in [-0.25, -0.2) is 4.39 Å². The molecule has 6 nitrogen and oxygen atoms in total. The zero-order chi connectivity index (χ0) is 23.7. The van der Waals surface area contributed by atoms with Gasteiger partial charge in [0.15, 0.2) is 0 Å². The molecule has 2 heterocycles. The molecule has 34 heavy (non-hydrogen) atoms. The Labute approximate surface area is 195 Å². The molecule has 0 atom stereocenters. The van der Waals surface area contributed by atoms with Crippen LogP contribution in [0.2, 0.25) is 0 Å². The van der Waals surface area contributed by atoms with Gasteiger partial charge in [0.1, 0.15) is 5.82 Å². The number of hydrogen-bond acceptors (Lipinski definition) is 4. The van der Waals surface area contributed by atoms with Crippen LogP contribution in [0.4, 0.5) is 10.1 Å². The molecule has 0 saturated heterocycles. The van der Waals surface area contributed by atoms with Crippen LogP contribution >= 0.6 is 0 Å². The van der Waals surface area contributed by atoms with Crippen molar-refractivity contribution in [1.29, 1.82) is 0 Å². The lowest BCUT2D eigenvalue weighted by atomic mass is 9.94. The van der Waals surface area contributed by atoms with E-state index in [1.807, 2.05) is 12.1 Å². The van der Waals surface area contributed by atoms with Crippen LogP contribution < -0.4 is 4.90 Å². The van der Waals surface area contributed by atoms with Gasteiger partial charge in [-0.1, -0.05) is 30.3 Å². The van der Waals surface area contributed by atoms with Crippen LogP contribution in [-0.2, 0) is 0 Å². The van der Waals surface area contributed by atoms with Gasteiger partial charge in [0.2, 0.25) is 0 Å². The fourth-order valence-corrected chi connectivity index (χ4v) is 4.31. The van der Waals surface area contributed by atoms with Crippen molar-refractivity contribution in [3.63, 3.8) is 0 Å². The number of imide groups is 1. The summed E-state index contributed by atoms with van der Waals surface area (Å²) in [7, 11) is 0. The van der Waals surface area contributed by atoms with Crippen molar-refractivity contribution in [2.24, 2.45) is 0 Å². The molecule has 0 N–H and O–H groups in total. The van der Waals surface area contributed by atoms with E-state index in [2.05, 4.69) is 4.98 Å². The highest BCUT2D eigenvalue weighted by Crippen LogP contribution is 2.30. The molecule has 3 aromatic carbocycles. The van der Waals surface area contributed by atoms with Crippen LogP contribution in [-0.4, -0.2) is 40.7 Å². The number of benzene rings is 3. The van der Waals surface area contributed by atoms with Gasteiger partial charge in [0.05, 0.1) is 0 Å². The Balaban J connectivity index is 1.39. The van der Waals surface area contributed by atoms with Crippen LogP contribution in [0.1, 0.15) is 37.5 Å². The van der Waals surface area contributed by atoms with Gasteiger partial charge in [-0.2, -0.15) is 0 Å². The first-order valence-electron chi connectivity index (χ1n) is 10.9. The zero-order valence-electron chi connectivity index (χ0n) is 18.1. The highest BCUT2D eigenvalue weighted by atomic mass is 19.1. The predicted octanol–water partition coefficient (Wildman–Crippen LogP) is 4.71. The number of rotatable bonds is 6. The number of hydrogen-bond donors (Lipinski definition) is 0. The maximum atomic E-state index is 13.9. The molecule has 168 valence electrons.